The molecule has 0 bridgehead atoms. The first-order valence-corrected chi connectivity index (χ1v) is 8.39. The van der Waals surface area contributed by atoms with Crippen molar-refractivity contribution < 1.29 is 0 Å². The minimum Gasteiger partial charge on any atom is -0.316 e. The topological polar surface area (TPSA) is 12.0 Å². The summed E-state index contributed by atoms with van der Waals surface area (Å²) in [5, 5.41) is 3.57. The van der Waals surface area contributed by atoms with Crippen LogP contribution in [0.3, 0.4) is 0 Å². The van der Waals surface area contributed by atoms with Crippen LogP contribution in [0.4, 0.5) is 0 Å². The van der Waals surface area contributed by atoms with E-state index in [1.165, 1.54) is 35.7 Å². The third-order valence-electron chi connectivity index (χ3n) is 3.49. The molecule has 0 radical (unpaired) electrons. The van der Waals surface area contributed by atoms with Gasteiger partial charge in [-0.2, -0.15) is 0 Å². The van der Waals surface area contributed by atoms with E-state index in [-0.39, 0.29) is 0 Å². The lowest BCUT2D eigenvalue weighted by molar-refractivity contribution is 0.480. The van der Waals surface area contributed by atoms with Crippen LogP contribution in [0.2, 0.25) is 0 Å². The maximum Gasteiger partial charge on any atom is 0.0175 e. The Morgan fingerprint density at radius 2 is 1.79 bits per heavy atom. The van der Waals surface area contributed by atoms with Gasteiger partial charge in [0.05, 0.1) is 0 Å². The van der Waals surface area contributed by atoms with Crippen LogP contribution in [0, 0.1) is 5.92 Å². The molecule has 0 aromatic heterocycles. The van der Waals surface area contributed by atoms with Gasteiger partial charge in [-0.15, -0.1) is 0 Å². The number of hydrogen-bond donors (Lipinski definition) is 1. The number of rotatable bonds is 9. The summed E-state index contributed by atoms with van der Waals surface area (Å²) in [5.41, 5.74) is 1.47. The molecule has 0 amide bonds. The zero-order valence-corrected chi connectivity index (χ0v) is 14.2. The molecular weight excluding hydrogens is 298 g/mol. The number of hydrogen-bond acceptors (Lipinski definition) is 1. The molecule has 0 aliphatic heterocycles. The molecule has 0 fully saturated rings. The van der Waals surface area contributed by atoms with Gasteiger partial charge in [-0.3, -0.25) is 0 Å². The number of benzene rings is 1. The minimum absolute atomic E-state index is 0.651. The molecule has 2 heteroatoms. The van der Waals surface area contributed by atoms with Crippen molar-refractivity contribution in [1.29, 1.82) is 0 Å². The van der Waals surface area contributed by atoms with Crippen molar-refractivity contribution in [3.63, 3.8) is 0 Å². The molecule has 1 aromatic carbocycles. The predicted molar refractivity (Wildman–Crippen MR) is 88.7 cm³/mol. The molecule has 1 rings (SSSR count). The molecule has 0 aliphatic carbocycles. The van der Waals surface area contributed by atoms with Crippen molar-refractivity contribution >= 4 is 15.9 Å². The normalized spacial score (nSPS) is 12.9. The molecule has 1 atom stereocenters. The molecule has 0 saturated carbocycles. The lowest BCUT2D eigenvalue weighted by atomic mass is 9.92. The van der Waals surface area contributed by atoms with E-state index in [2.05, 4.69) is 66.3 Å². The van der Waals surface area contributed by atoms with Crippen molar-refractivity contribution in [2.75, 3.05) is 13.1 Å². The quantitative estimate of drug-likeness (QED) is 0.603. The standard InChI is InChI=1S/C17H28BrN/c1-4-12-19-13-16(7-5-6-14(2)3)15-8-10-17(18)11-9-15/h8-11,14,16,19H,4-7,12-13H2,1-3H3. The summed E-state index contributed by atoms with van der Waals surface area (Å²) in [6, 6.07) is 8.84. The average molecular weight is 326 g/mol. The SMILES string of the molecule is CCCNCC(CCCC(C)C)c1ccc(Br)cc1. The van der Waals surface area contributed by atoms with Crippen molar-refractivity contribution in [3.05, 3.63) is 34.3 Å². The summed E-state index contributed by atoms with van der Waals surface area (Å²) < 4.78 is 1.17. The highest BCUT2D eigenvalue weighted by molar-refractivity contribution is 9.10. The fraction of sp³-hybridized carbons (Fsp3) is 0.647. The van der Waals surface area contributed by atoms with Crippen molar-refractivity contribution in [2.45, 2.75) is 52.4 Å². The highest BCUT2D eigenvalue weighted by Crippen LogP contribution is 2.24. The Morgan fingerprint density at radius 3 is 2.37 bits per heavy atom. The zero-order chi connectivity index (χ0) is 14.1. The van der Waals surface area contributed by atoms with E-state index in [1.807, 2.05) is 0 Å². The summed E-state index contributed by atoms with van der Waals surface area (Å²) >= 11 is 3.51. The first-order chi connectivity index (χ1) is 9.13. The molecule has 1 N–H and O–H groups in total. The van der Waals surface area contributed by atoms with Crippen molar-refractivity contribution in [1.82, 2.24) is 5.32 Å². The highest BCUT2D eigenvalue weighted by atomic mass is 79.9. The Labute approximate surface area is 127 Å². The van der Waals surface area contributed by atoms with E-state index in [0.29, 0.717) is 5.92 Å². The second-order valence-corrected chi connectivity index (χ2v) is 6.69. The smallest absolute Gasteiger partial charge is 0.0175 e. The lowest BCUT2D eigenvalue weighted by Crippen LogP contribution is -2.22. The molecule has 0 spiro atoms. The van der Waals surface area contributed by atoms with Gasteiger partial charge in [-0.1, -0.05) is 61.7 Å². The Balaban J connectivity index is 2.54. The summed E-state index contributed by atoms with van der Waals surface area (Å²) in [7, 11) is 0. The number of halogens is 1. The van der Waals surface area contributed by atoms with Gasteiger partial charge in [0.2, 0.25) is 0 Å². The van der Waals surface area contributed by atoms with Gasteiger partial charge in [-0.25, -0.2) is 0 Å². The van der Waals surface area contributed by atoms with Gasteiger partial charge in [0.15, 0.2) is 0 Å². The van der Waals surface area contributed by atoms with Gasteiger partial charge in [0.25, 0.3) is 0 Å². The molecule has 1 unspecified atom stereocenters. The van der Waals surface area contributed by atoms with Crippen LogP contribution in [0.15, 0.2) is 28.7 Å². The second-order valence-electron chi connectivity index (χ2n) is 5.78. The van der Waals surface area contributed by atoms with Gasteiger partial charge in [0.1, 0.15) is 0 Å². The molecule has 1 nitrogen and oxygen atoms in total. The van der Waals surface area contributed by atoms with E-state index in [0.717, 1.165) is 19.0 Å². The monoisotopic (exact) mass is 325 g/mol. The summed E-state index contributed by atoms with van der Waals surface area (Å²) in [4.78, 5) is 0. The Morgan fingerprint density at radius 1 is 1.11 bits per heavy atom. The fourth-order valence-corrected chi connectivity index (χ4v) is 2.61. The molecule has 1 aromatic rings. The van der Waals surface area contributed by atoms with Gasteiger partial charge < -0.3 is 5.32 Å². The van der Waals surface area contributed by atoms with Crippen LogP contribution in [0.25, 0.3) is 0 Å². The van der Waals surface area contributed by atoms with Crippen LogP contribution in [0.5, 0.6) is 0 Å². The largest absolute Gasteiger partial charge is 0.316 e. The van der Waals surface area contributed by atoms with Crippen LogP contribution in [0.1, 0.15) is 57.9 Å². The minimum atomic E-state index is 0.651. The Hall–Kier alpha value is -0.340. The molecule has 0 heterocycles. The van der Waals surface area contributed by atoms with Crippen LogP contribution < -0.4 is 5.32 Å². The first-order valence-electron chi connectivity index (χ1n) is 7.59. The molecule has 0 aliphatic rings. The van der Waals surface area contributed by atoms with E-state index in [4.69, 9.17) is 0 Å². The summed E-state index contributed by atoms with van der Waals surface area (Å²) in [5.74, 6) is 1.47. The maximum absolute atomic E-state index is 3.57. The molecule has 0 saturated heterocycles. The third kappa shape index (κ3) is 7.12. The molecule has 108 valence electrons. The van der Waals surface area contributed by atoms with E-state index in [1.54, 1.807) is 0 Å². The van der Waals surface area contributed by atoms with Crippen LogP contribution in [-0.2, 0) is 0 Å². The fourth-order valence-electron chi connectivity index (χ4n) is 2.35. The third-order valence-corrected chi connectivity index (χ3v) is 4.02. The Bertz CT molecular complexity index is 332. The lowest BCUT2D eigenvalue weighted by Gasteiger charge is -2.19. The van der Waals surface area contributed by atoms with Gasteiger partial charge in [-0.05, 0) is 48.9 Å². The van der Waals surface area contributed by atoms with Gasteiger partial charge in [0, 0.05) is 11.0 Å². The van der Waals surface area contributed by atoms with E-state index in [9.17, 15) is 0 Å². The second kappa shape index (κ2) is 9.55. The maximum atomic E-state index is 3.57. The van der Waals surface area contributed by atoms with E-state index < -0.39 is 0 Å². The van der Waals surface area contributed by atoms with Crippen LogP contribution >= 0.6 is 15.9 Å². The van der Waals surface area contributed by atoms with E-state index >= 15 is 0 Å². The Kier molecular flexibility index (Phi) is 8.40. The van der Waals surface area contributed by atoms with Crippen LogP contribution in [-0.4, -0.2) is 13.1 Å². The van der Waals surface area contributed by atoms with Crippen molar-refractivity contribution in [2.24, 2.45) is 5.92 Å². The summed E-state index contributed by atoms with van der Waals surface area (Å²) in [6.45, 7) is 9.07. The highest BCUT2D eigenvalue weighted by Gasteiger charge is 2.11. The van der Waals surface area contributed by atoms with Gasteiger partial charge >= 0.3 is 0 Å². The average Bonchev–Trinajstić information content (AvgIpc) is 2.38. The molecular formula is C17H28BrN. The van der Waals surface area contributed by atoms with Crippen molar-refractivity contribution in [3.8, 4) is 0 Å². The summed E-state index contributed by atoms with van der Waals surface area (Å²) in [6.07, 6.45) is 5.16. The molecule has 19 heavy (non-hydrogen) atoms. The number of nitrogens with one attached hydrogen (secondary N) is 1. The zero-order valence-electron chi connectivity index (χ0n) is 12.6. The predicted octanol–water partition coefficient (Wildman–Crippen LogP) is 5.36. The first kappa shape index (κ1) is 16.7.